The third kappa shape index (κ3) is 5.20. The van der Waals surface area contributed by atoms with Crippen LogP contribution in [0.2, 0.25) is 0 Å². The van der Waals surface area contributed by atoms with Crippen LogP contribution in [0.1, 0.15) is 31.9 Å². The molecule has 0 bridgehead atoms. The van der Waals surface area contributed by atoms with Crippen molar-refractivity contribution in [2.75, 3.05) is 12.0 Å². The van der Waals surface area contributed by atoms with E-state index in [0.29, 0.717) is 5.69 Å². The molecule has 0 aliphatic rings. The fourth-order valence-corrected chi connectivity index (χ4v) is 2.38. The van der Waals surface area contributed by atoms with Crippen molar-refractivity contribution >= 4 is 17.4 Å². The minimum atomic E-state index is -0.494. The molecule has 7 heteroatoms. The quantitative estimate of drug-likeness (QED) is 0.472. The van der Waals surface area contributed by atoms with Crippen molar-refractivity contribution in [3.05, 3.63) is 63.7 Å². The van der Waals surface area contributed by atoms with Crippen LogP contribution in [-0.4, -0.2) is 17.7 Å². The molecule has 26 heavy (non-hydrogen) atoms. The first-order valence-corrected chi connectivity index (χ1v) is 8.20. The second-order valence-corrected chi connectivity index (χ2v) is 6.97. The van der Waals surface area contributed by atoms with Gasteiger partial charge >= 0.3 is 6.03 Å². The summed E-state index contributed by atoms with van der Waals surface area (Å²) in [6.45, 7) is 8.33. The van der Waals surface area contributed by atoms with E-state index in [1.54, 1.807) is 0 Å². The van der Waals surface area contributed by atoms with Crippen LogP contribution in [0.3, 0.4) is 0 Å². The topological polar surface area (TPSA) is 93.5 Å². The third-order valence-corrected chi connectivity index (χ3v) is 3.74. The second kappa shape index (κ2) is 7.86. The van der Waals surface area contributed by atoms with E-state index in [1.165, 1.54) is 24.3 Å². The fraction of sp³-hybridized carbons (Fsp3) is 0.316. The molecule has 0 aliphatic heterocycles. The smallest absolute Gasteiger partial charge is 0.321 e. The van der Waals surface area contributed by atoms with Gasteiger partial charge in [0.1, 0.15) is 5.75 Å². The molecule has 0 unspecified atom stereocenters. The zero-order chi connectivity index (χ0) is 19.3. The van der Waals surface area contributed by atoms with E-state index in [-0.39, 0.29) is 17.8 Å². The summed E-state index contributed by atoms with van der Waals surface area (Å²) in [4.78, 5) is 22.0. The van der Waals surface area contributed by atoms with E-state index in [4.69, 9.17) is 4.74 Å². The lowest BCUT2D eigenvalue weighted by Gasteiger charge is -2.23. The molecule has 0 heterocycles. The highest BCUT2D eigenvalue weighted by Crippen LogP contribution is 2.32. The number of hydrogen-bond donors (Lipinski definition) is 2. The molecule has 0 spiro atoms. The van der Waals surface area contributed by atoms with Gasteiger partial charge in [-0.25, -0.2) is 4.79 Å². The third-order valence-electron chi connectivity index (χ3n) is 3.74. The van der Waals surface area contributed by atoms with Crippen LogP contribution in [0, 0.1) is 17.0 Å². The molecular weight excluding hydrogens is 334 g/mol. The molecule has 0 atom stereocenters. The summed E-state index contributed by atoms with van der Waals surface area (Å²) in [5.41, 5.74) is 2.55. The number of nitrogens with zero attached hydrogens (tertiary/aromatic N) is 1. The summed E-state index contributed by atoms with van der Waals surface area (Å²) in [7, 11) is 0. The number of carbonyl (C=O) groups excluding carboxylic acids is 1. The number of nitrogens with one attached hydrogen (secondary N) is 2. The van der Waals surface area contributed by atoms with Gasteiger partial charge in [0.25, 0.3) is 5.69 Å². The van der Waals surface area contributed by atoms with Gasteiger partial charge in [-0.2, -0.15) is 0 Å². The highest BCUT2D eigenvalue weighted by molar-refractivity contribution is 5.89. The van der Waals surface area contributed by atoms with Crippen LogP contribution < -0.4 is 15.4 Å². The molecule has 138 valence electrons. The second-order valence-electron chi connectivity index (χ2n) is 6.97. The number of aryl methyl sites for hydroxylation is 1. The van der Waals surface area contributed by atoms with Crippen molar-refractivity contribution in [2.24, 2.45) is 0 Å². The van der Waals surface area contributed by atoms with E-state index >= 15 is 0 Å². The van der Waals surface area contributed by atoms with Crippen LogP contribution >= 0.6 is 0 Å². The number of nitro groups is 1. The minimum Gasteiger partial charge on any atom is -0.473 e. The molecule has 0 fully saturated rings. The SMILES string of the molecule is Cc1ccc(OCNC(=O)Nc2ccc([N+](=O)[O-])cc2)c(C(C)(C)C)c1. The molecule has 0 radical (unpaired) electrons. The van der Waals surface area contributed by atoms with Gasteiger partial charge in [0.05, 0.1) is 4.92 Å². The number of hydrogen-bond acceptors (Lipinski definition) is 4. The number of benzene rings is 2. The summed E-state index contributed by atoms with van der Waals surface area (Å²) < 4.78 is 5.72. The van der Waals surface area contributed by atoms with Crippen LogP contribution in [0.15, 0.2) is 42.5 Å². The Labute approximate surface area is 152 Å². The van der Waals surface area contributed by atoms with Gasteiger partial charge in [-0.15, -0.1) is 0 Å². The molecule has 2 N–H and O–H groups in total. The Balaban J connectivity index is 1.91. The Kier molecular flexibility index (Phi) is 5.82. The van der Waals surface area contributed by atoms with Crippen LogP contribution in [0.4, 0.5) is 16.2 Å². The molecule has 2 aromatic rings. The largest absolute Gasteiger partial charge is 0.473 e. The van der Waals surface area contributed by atoms with E-state index in [9.17, 15) is 14.9 Å². The highest BCUT2D eigenvalue weighted by atomic mass is 16.6. The summed E-state index contributed by atoms with van der Waals surface area (Å²) in [5.74, 6) is 0.721. The predicted molar refractivity (Wildman–Crippen MR) is 101 cm³/mol. The number of ether oxygens (including phenoxy) is 1. The molecule has 0 saturated heterocycles. The lowest BCUT2D eigenvalue weighted by molar-refractivity contribution is -0.384. The Bertz CT molecular complexity index is 795. The molecule has 7 nitrogen and oxygen atoms in total. The van der Waals surface area contributed by atoms with E-state index < -0.39 is 11.0 Å². The molecule has 0 aromatic heterocycles. The van der Waals surface area contributed by atoms with Crippen molar-refractivity contribution in [2.45, 2.75) is 33.1 Å². The minimum absolute atomic E-state index is 0.00492. The Morgan fingerprint density at radius 3 is 2.38 bits per heavy atom. The average molecular weight is 357 g/mol. The van der Waals surface area contributed by atoms with Gasteiger partial charge in [0, 0.05) is 17.8 Å². The zero-order valence-electron chi connectivity index (χ0n) is 15.3. The normalized spacial score (nSPS) is 10.9. The van der Waals surface area contributed by atoms with Gasteiger partial charge < -0.3 is 15.4 Å². The van der Waals surface area contributed by atoms with E-state index in [0.717, 1.165) is 16.9 Å². The Morgan fingerprint density at radius 1 is 1.15 bits per heavy atom. The predicted octanol–water partition coefficient (Wildman–Crippen LogP) is 4.36. The van der Waals surface area contributed by atoms with Gasteiger partial charge in [0.15, 0.2) is 6.73 Å². The number of amides is 2. The Morgan fingerprint density at radius 2 is 1.81 bits per heavy atom. The van der Waals surface area contributed by atoms with Gasteiger partial charge in [0.2, 0.25) is 0 Å². The van der Waals surface area contributed by atoms with Gasteiger partial charge in [-0.1, -0.05) is 38.5 Å². The molecule has 2 amide bonds. The number of nitro benzene ring substituents is 1. The van der Waals surface area contributed by atoms with Crippen molar-refractivity contribution in [3.63, 3.8) is 0 Å². The first kappa shape index (κ1) is 19.2. The highest BCUT2D eigenvalue weighted by Gasteiger charge is 2.19. The van der Waals surface area contributed by atoms with E-state index in [1.807, 2.05) is 19.1 Å². The maximum absolute atomic E-state index is 11.9. The Hall–Kier alpha value is -3.09. The molecule has 0 saturated carbocycles. The summed E-state index contributed by atoms with van der Waals surface area (Å²) in [6, 6.07) is 11.1. The number of rotatable bonds is 5. The van der Waals surface area contributed by atoms with Crippen molar-refractivity contribution in [3.8, 4) is 5.75 Å². The lowest BCUT2D eigenvalue weighted by atomic mass is 9.85. The van der Waals surface area contributed by atoms with Crippen molar-refractivity contribution in [1.82, 2.24) is 5.32 Å². The standard InChI is InChI=1S/C19H23N3O4/c1-13-5-10-17(16(11-13)19(2,3)4)26-12-20-18(23)21-14-6-8-15(9-7-14)22(24)25/h5-11H,12H2,1-4H3,(H2,20,21,23). The summed E-state index contributed by atoms with van der Waals surface area (Å²) >= 11 is 0. The number of anilines is 1. The molecule has 0 aliphatic carbocycles. The fourth-order valence-electron chi connectivity index (χ4n) is 2.38. The van der Waals surface area contributed by atoms with Gasteiger partial charge in [-0.3, -0.25) is 10.1 Å². The monoisotopic (exact) mass is 357 g/mol. The zero-order valence-corrected chi connectivity index (χ0v) is 15.3. The number of urea groups is 1. The first-order chi connectivity index (χ1) is 12.2. The van der Waals surface area contributed by atoms with Gasteiger partial charge in [-0.05, 0) is 36.1 Å². The summed E-state index contributed by atoms with van der Waals surface area (Å²) in [5, 5.41) is 15.8. The van der Waals surface area contributed by atoms with Crippen LogP contribution in [0.25, 0.3) is 0 Å². The van der Waals surface area contributed by atoms with Crippen LogP contribution in [-0.2, 0) is 5.41 Å². The lowest BCUT2D eigenvalue weighted by Crippen LogP contribution is -2.32. The number of non-ortho nitro benzene ring substituents is 1. The molecule has 2 rings (SSSR count). The van der Waals surface area contributed by atoms with Crippen molar-refractivity contribution in [1.29, 1.82) is 0 Å². The molecule has 2 aromatic carbocycles. The first-order valence-electron chi connectivity index (χ1n) is 8.20. The maximum atomic E-state index is 11.9. The summed E-state index contributed by atoms with van der Waals surface area (Å²) in [6.07, 6.45) is 0. The average Bonchev–Trinajstić information content (AvgIpc) is 2.55. The van der Waals surface area contributed by atoms with Crippen LogP contribution in [0.5, 0.6) is 5.75 Å². The number of carbonyl (C=O) groups is 1. The maximum Gasteiger partial charge on any atom is 0.321 e. The van der Waals surface area contributed by atoms with Crippen molar-refractivity contribution < 1.29 is 14.5 Å². The molecular formula is C19H23N3O4. The van der Waals surface area contributed by atoms with E-state index in [2.05, 4.69) is 37.5 Å².